The number of fused-ring (bicyclic) bond motifs is 1. The third-order valence-corrected chi connectivity index (χ3v) is 2.63. The molecule has 4 heteroatoms. The van der Waals surface area contributed by atoms with Gasteiger partial charge in [0.2, 0.25) is 5.76 Å². The molecule has 0 aromatic carbocycles. The molecule has 0 amide bonds. The lowest BCUT2D eigenvalue weighted by Gasteiger charge is -2.16. The first-order chi connectivity index (χ1) is 7.15. The van der Waals surface area contributed by atoms with Crippen LogP contribution in [0.1, 0.15) is 19.8 Å². The van der Waals surface area contributed by atoms with Gasteiger partial charge in [-0.25, -0.2) is 0 Å². The van der Waals surface area contributed by atoms with Crippen LogP contribution in [0.4, 0.5) is 0 Å². The minimum Gasteiger partial charge on any atom is -0.490 e. The predicted molar refractivity (Wildman–Crippen MR) is 52.8 cm³/mol. The number of carbonyl (C=O) groups is 1. The van der Waals surface area contributed by atoms with E-state index in [9.17, 15) is 9.90 Å². The second-order valence-corrected chi connectivity index (χ2v) is 3.51. The number of methoxy groups -OCH3 is 1. The predicted octanol–water partition coefficient (Wildman–Crippen LogP) is 1.95. The zero-order chi connectivity index (χ0) is 11.0. The van der Waals surface area contributed by atoms with Crippen LogP contribution in [0.5, 0.6) is 0 Å². The monoisotopic (exact) mass is 208 g/mol. The molecule has 0 aromatic rings. The summed E-state index contributed by atoms with van der Waals surface area (Å²) in [6, 6.07) is 0. The van der Waals surface area contributed by atoms with Gasteiger partial charge in [0.25, 0.3) is 0 Å². The molecule has 0 saturated carbocycles. The van der Waals surface area contributed by atoms with Crippen molar-refractivity contribution in [3.05, 3.63) is 34.7 Å². The molecule has 1 aliphatic carbocycles. The number of hydrogen-bond acceptors (Lipinski definition) is 4. The van der Waals surface area contributed by atoms with Crippen LogP contribution in [0.15, 0.2) is 34.7 Å². The molecule has 0 aromatic heterocycles. The van der Waals surface area contributed by atoms with Crippen molar-refractivity contribution < 1.29 is 19.4 Å². The Hall–Kier alpha value is -1.71. The third-order valence-electron chi connectivity index (χ3n) is 2.63. The second kappa shape index (κ2) is 3.46. The van der Waals surface area contributed by atoms with Crippen LogP contribution in [0.3, 0.4) is 0 Å². The summed E-state index contributed by atoms with van der Waals surface area (Å²) in [6.45, 7) is 1.52. The van der Waals surface area contributed by atoms with E-state index >= 15 is 0 Å². The quantitative estimate of drug-likeness (QED) is 0.753. The largest absolute Gasteiger partial charge is 0.490 e. The molecule has 0 spiro atoms. The van der Waals surface area contributed by atoms with Crippen molar-refractivity contribution in [3.8, 4) is 0 Å². The first-order valence-corrected chi connectivity index (χ1v) is 4.73. The number of hydrogen-bond donors (Lipinski definition) is 1. The number of rotatable bonds is 2. The van der Waals surface area contributed by atoms with E-state index in [4.69, 9.17) is 9.47 Å². The van der Waals surface area contributed by atoms with Gasteiger partial charge in [-0.2, -0.15) is 0 Å². The minimum absolute atomic E-state index is 0.0117. The average molecular weight is 208 g/mol. The van der Waals surface area contributed by atoms with Gasteiger partial charge in [-0.05, 0) is 25.3 Å². The molecular weight excluding hydrogens is 196 g/mol. The summed E-state index contributed by atoms with van der Waals surface area (Å²) >= 11 is 0. The highest BCUT2D eigenvalue weighted by Gasteiger charge is 2.31. The Labute approximate surface area is 87.5 Å². The van der Waals surface area contributed by atoms with E-state index in [-0.39, 0.29) is 17.5 Å². The van der Waals surface area contributed by atoms with Gasteiger partial charge in [0.05, 0.1) is 13.4 Å². The number of allylic oxidation sites excluding steroid dienone is 2. The van der Waals surface area contributed by atoms with Crippen molar-refractivity contribution in [1.82, 2.24) is 0 Å². The van der Waals surface area contributed by atoms with Crippen molar-refractivity contribution in [3.63, 3.8) is 0 Å². The van der Waals surface area contributed by atoms with Crippen molar-refractivity contribution in [2.75, 3.05) is 7.11 Å². The van der Waals surface area contributed by atoms with E-state index in [2.05, 4.69) is 0 Å². The van der Waals surface area contributed by atoms with Crippen molar-refractivity contribution in [2.24, 2.45) is 0 Å². The Morgan fingerprint density at radius 1 is 1.53 bits per heavy atom. The van der Waals surface area contributed by atoms with Crippen LogP contribution in [-0.2, 0) is 14.3 Å². The molecule has 1 N–H and O–H groups in total. The molecular formula is C11H12O4. The summed E-state index contributed by atoms with van der Waals surface area (Å²) in [5.41, 5.74) is 2.32. The molecule has 0 atom stereocenters. The van der Waals surface area contributed by atoms with Gasteiger partial charge in [-0.15, -0.1) is 0 Å². The summed E-state index contributed by atoms with van der Waals surface area (Å²) in [6.07, 6.45) is 2.91. The summed E-state index contributed by atoms with van der Waals surface area (Å²) in [5, 5.41) is 9.46. The molecule has 4 nitrogen and oxygen atoms in total. The second-order valence-electron chi connectivity index (χ2n) is 3.51. The number of aliphatic hydroxyl groups excluding tert-OH is 1. The zero-order valence-corrected chi connectivity index (χ0v) is 8.66. The van der Waals surface area contributed by atoms with Crippen LogP contribution in [-0.4, -0.2) is 18.0 Å². The normalized spacial score (nSPS) is 19.7. The standard InChI is InChI=1S/C11H12O4/c1-6(12)8-4-3-7-5-15-11(13)10(14-2)9(7)8/h5,13H,3-4H2,1-2H3. The van der Waals surface area contributed by atoms with Gasteiger partial charge in [-0.3, -0.25) is 4.79 Å². The van der Waals surface area contributed by atoms with E-state index in [1.807, 2.05) is 0 Å². The SMILES string of the molecule is COC1=C(O)OC=C2CCC(C(C)=O)=C21. The van der Waals surface area contributed by atoms with Crippen LogP contribution in [0, 0.1) is 0 Å². The summed E-state index contributed by atoms with van der Waals surface area (Å²) in [4.78, 5) is 11.4. The van der Waals surface area contributed by atoms with Gasteiger partial charge >= 0.3 is 5.95 Å². The summed E-state index contributed by atoms with van der Waals surface area (Å²) in [5.74, 6) is -0.00949. The van der Waals surface area contributed by atoms with E-state index in [1.54, 1.807) is 0 Å². The van der Waals surface area contributed by atoms with Gasteiger partial charge < -0.3 is 14.6 Å². The van der Waals surface area contributed by atoms with E-state index < -0.39 is 0 Å². The smallest absolute Gasteiger partial charge is 0.326 e. The van der Waals surface area contributed by atoms with Crippen molar-refractivity contribution in [2.45, 2.75) is 19.8 Å². The highest BCUT2D eigenvalue weighted by molar-refractivity contribution is 5.96. The van der Waals surface area contributed by atoms with Crippen molar-refractivity contribution >= 4 is 5.78 Å². The van der Waals surface area contributed by atoms with E-state index in [0.717, 1.165) is 12.0 Å². The molecule has 1 heterocycles. The average Bonchev–Trinajstić information content (AvgIpc) is 2.61. The molecule has 1 aliphatic heterocycles. The Morgan fingerprint density at radius 2 is 2.27 bits per heavy atom. The van der Waals surface area contributed by atoms with Crippen LogP contribution >= 0.6 is 0 Å². The molecule has 15 heavy (non-hydrogen) atoms. The fourth-order valence-corrected chi connectivity index (χ4v) is 1.93. The van der Waals surface area contributed by atoms with Gasteiger partial charge in [0, 0.05) is 11.1 Å². The Kier molecular flexibility index (Phi) is 2.26. The van der Waals surface area contributed by atoms with E-state index in [0.29, 0.717) is 17.6 Å². The number of carbonyl (C=O) groups excluding carboxylic acids is 1. The van der Waals surface area contributed by atoms with Gasteiger partial charge in [-0.1, -0.05) is 0 Å². The number of Topliss-reactive ketones (excluding diaryl/α,β-unsaturated/α-hetero) is 1. The topological polar surface area (TPSA) is 55.8 Å². The molecule has 0 radical (unpaired) electrons. The van der Waals surface area contributed by atoms with Crippen LogP contribution in [0.25, 0.3) is 0 Å². The number of aliphatic hydroxyl groups is 1. The maximum absolute atomic E-state index is 11.4. The lowest BCUT2D eigenvalue weighted by molar-refractivity contribution is -0.113. The van der Waals surface area contributed by atoms with Crippen LogP contribution < -0.4 is 0 Å². The minimum atomic E-state index is -0.281. The number of ketones is 1. The summed E-state index contributed by atoms with van der Waals surface area (Å²) in [7, 11) is 1.45. The zero-order valence-electron chi connectivity index (χ0n) is 8.66. The fourth-order valence-electron chi connectivity index (χ4n) is 1.93. The van der Waals surface area contributed by atoms with Crippen LogP contribution in [0.2, 0.25) is 0 Å². The Balaban J connectivity index is 2.55. The number of ether oxygens (including phenoxy) is 2. The third kappa shape index (κ3) is 1.42. The maximum atomic E-state index is 11.4. The van der Waals surface area contributed by atoms with Crippen molar-refractivity contribution in [1.29, 1.82) is 0 Å². The Morgan fingerprint density at radius 3 is 2.87 bits per heavy atom. The molecule has 2 rings (SSSR count). The van der Waals surface area contributed by atoms with E-state index in [1.165, 1.54) is 20.3 Å². The van der Waals surface area contributed by atoms with Gasteiger partial charge in [0.15, 0.2) is 5.78 Å². The molecule has 0 saturated heterocycles. The molecule has 80 valence electrons. The molecule has 0 fully saturated rings. The first-order valence-electron chi connectivity index (χ1n) is 4.73. The maximum Gasteiger partial charge on any atom is 0.326 e. The lowest BCUT2D eigenvalue weighted by Crippen LogP contribution is -2.08. The first kappa shape index (κ1) is 9.83. The molecule has 2 aliphatic rings. The Bertz CT molecular complexity index is 412. The highest BCUT2D eigenvalue weighted by Crippen LogP contribution is 2.40. The molecule has 0 unspecified atom stereocenters. The van der Waals surface area contributed by atoms with Gasteiger partial charge in [0.1, 0.15) is 0 Å². The summed E-state index contributed by atoms with van der Waals surface area (Å²) < 4.78 is 9.98. The molecule has 0 bridgehead atoms. The lowest BCUT2D eigenvalue weighted by atomic mass is 10.0. The fraction of sp³-hybridized carbons (Fsp3) is 0.364. The highest BCUT2D eigenvalue weighted by atomic mass is 16.6.